The van der Waals surface area contributed by atoms with Crippen molar-refractivity contribution in [1.82, 2.24) is 9.97 Å². The van der Waals surface area contributed by atoms with E-state index < -0.39 is 6.10 Å². The van der Waals surface area contributed by atoms with E-state index in [1.807, 2.05) is 7.05 Å². The van der Waals surface area contributed by atoms with Gasteiger partial charge in [-0.15, -0.1) is 0 Å². The number of aliphatic hydroxyl groups is 1. The molecule has 0 aromatic carbocycles. The Balaban J connectivity index is 2.75. The topological polar surface area (TPSA) is 75.3 Å². The lowest BCUT2D eigenvalue weighted by Gasteiger charge is -2.19. The maximum Gasteiger partial charge on any atom is 0.146 e. The monoisotopic (exact) mass is 226 g/mol. The highest BCUT2D eigenvalue weighted by Gasteiger charge is 2.06. The van der Waals surface area contributed by atoms with Gasteiger partial charge in [0.2, 0.25) is 0 Å². The van der Waals surface area contributed by atoms with Gasteiger partial charge >= 0.3 is 0 Å². The third-order valence-electron chi connectivity index (χ3n) is 1.82. The summed E-state index contributed by atoms with van der Waals surface area (Å²) in [5.41, 5.74) is 5.90. The maximum absolute atomic E-state index is 9.20. The third kappa shape index (κ3) is 3.41. The number of aromatic nitrogens is 2. The molecule has 0 aliphatic rings. The molecule has 0 spiro atoms. The van der Waals surface area contributed by atoms with Crippen LogP contribution in [-0.2, 0) is 0 Å². The van der Waals surface area contributed by atoms with Gasteiger partial charge in [0, 0.05) is 13.6 Å². The highest BCUT2D eigenvalue weighted by atomic mass is 32.1. The Labute approximate surface area is 93.9 Å². The van der Waals surface area contributed by atoms with Gasteiger partial charge in [0.25, 0.3) is 0 Å². The van der Waals surface area contributed by atoms with Crippen molar-refractivity contribution in [2.45, 2.75) is 13.0 Å². The summed E-state index contributed by atoms with van der Waals surface area (Å²) in [7, 11) is 1.83. The standard InChI is InChI=1S/C9H14N4OS/c1-6(14)5-13(2)8-4-11-7(3-12-8)9(10)15/h3-4,6,14H,5H2,1-2H3,(H2,10,15). The molecule has 6 heteroatoms. The van der Waals surface area contributed by atoms with Crippen molar-refractivity contribution in [3.63, 3.8) is 0 Å². The highest BCUT2D eigenvalue weighted by Crippen LogP contribution is 2.07. The number of hydrogen-bond donors (Lipinski definition) is 2. The van der Waals surface area contributed by atoms with Crippen molar-refractivity contribution in [3.05, 3.63) is 18.1 Å². The first-order valence-electron chi connectivity index (χ1n) is 4.51. The van der Waals surface area contributed by atoms with Crippen molar-refractivity contribution in [2.75, 3.05) is 18.5 Å². The minimum atomic E-state index is -0.410. The molecule has 0 aliphatic carbocycles. The van der Waals surface area contributed by atoms with Gasteiger partial charge in [-0.25, -0.2) is 9.97 Å². The molecule has 0 fully saturated rings. The van der Waals surface area contributed by atoms with Crippen molar-refractivity contribution in [2.24, 2.45) is 5.73 Å². The van der Waals surface area contributed by atoms with Crippen LogP contribution < -0.4 is 10.6 Å². The van der Waals surface area contributed by atoms with Crippen LogP contribution in [0.15, 0.2) is 12.4 Å². The highest BCUT2D eigenvalue weighted by molar-refractivity contribution is 7.80. The average molecular weight is 226 g/mol. The number of aliphatic hydroxyl groups excluding tert-OH is 1. The number of anilines is 1. The SMILES string of the molecule is CC(O)CN(C)c1cnc(C(N)=S)cn1. The summed E-state index contributed by atoms with van der Waals surface area (Å²) in [5.74, 6) is 0.677. The maximum atomic E-state index is 9.20. The Morgan fingerprint density at radius 3 is 2.67 bits per heavy atom. The van der Waals surface area contributed by atoms with E-state index in [1.165, 1.54) is 6.20 Å². The lowest BCUT2D eigenvalue weighted by molar-refractivity contribution is 0.201. The summed E-state index contributed by atoms with van der Waals surface area (Å²) in [5, 5.41) is 9.20. The Morgan fingerprint density at radius 1 is 1.60 bits per heavy atom. The van der Waals surface area contributed by atoms with Gasteiger partial charge in [0.15, 0.2) is 0 Å². The molecule has 0 aliphatic heterocycles. The normalized spacial score (nSPS) is 12.2. The molecule has 1 aromatic rings. The van der Waals surface area contributed by atoms with Crippen LogP contribution in [-0.4, -0.2) is 39.8 Å². The molecule has 0 bridgehead atoms. The molecular weight excluding hydrogens is 212 g/mol. The Hall–Kier alpha value is -1.27. The summed E-state index contributed by atoms with van der Waals surface area (Å²) in [6.07, 6.45) is 2.69. The van der Waals surface area contributed by atoms with Crippen LogP contribution in [0, 0.1) is 0 Å². The Bertz CT molecular complexity index is 338. The molecule has 15 heavy (non-hydrogen) atoms. The smallest absolute Gasteiger partial charge is 0.146 e. The quantitative estimate of drug-likeness (QED) is 0.700. The van der Waals surface area contributed by atoms with Crippen LogP contribution in [0.4, 0.5) is 5.82 Å². The zero-order chi connectivity index (χ0) is 11.4. The summed E-state index contributed by atoms with van der Waals surface area (Å²) in [6, 6.07) is 0. The van der Waals surface area contributed by atoms with Crippen LogP contribution in [0.1, 0.15) is 12.6 Å². The van der Waals surface area contributed by atoms with E-state index >= 15 is 0 Å². The van der Waals surface area contributed by atoms with E-state index in [9.17, 15) is 5.11 Å². The van der Waals surface area contributed by atoms with Crippen molar-refractivity contribution in [1.29, 1.82) is 0 Å². The van der Waals surface area contributed by atoms with Crippen LogP contribution in [0.5, 0.6) is 0 Å². The fraction of sp³-hybridized carbons (Fsp3) is 0.444. The molecule has 0 radical (unpaired) electrons. The van der Waals surface area contributed by atoms with E-state index in [0.717, 1.165) is 0 Å². The molecule has 1 aromatic heterocycles. The van der Waals surface area contributed by atoms with E-state index in [1.54, 1.807) is 18.0 Å². The molecule has 0 saturated heterocycles. The first kappa shape index (κ1) is 11.8. The number of nitrogens with zero attached hydrogens (tertiary/aromatic N) is 3. The van der Waals surface area contributed by atoms with Crippen LogP contribution in [0.3, 0.4) is 0 Å². The molecule has 1 unspecified atom stereocenters. The molecule has 82 valence electrons. The van der Waals surface area contributed by atoms with E-state index in [0.29, 0.717) is 18.1 Å². The number of thiocarbonyl (C=S) groups is 1. The van der Waals surface area contributed by atoms with Crippen molar-refractivity contribution < 1.29 is 5.11 Å². The Morgan fingerprint density at radius 2 is 2.27 bits per heavy atom. The van der Waals surface area contributed by atoms with E-state index in [-0.39, 0.29) is 4.99 Å². The number of rotatable bonds is 4. The second-order valence-electron chi connectivity index (χ2n) is 3.35. The van der Waals surface area contributed by atoms with Gasteiger partial charge in [0.05, 0.1) is 18.5 Å². The predicted octanol–water partition coefficient (Wildman–Crippen LogP) is -0.0722. The molecule has 1 rings (SSSR count). The summed E-state index contributed by atoms with van der Waals surface area (Å²) < 4.78 is 0. The molecule has 5 nitrogen and oxygen atoms in total. The second-order valence-corrected chi connectivity index (χ2v) is 3.79. The minimum Gasteiger partial charge on any atom is -0.392 e. The summed E-state index contributed by atoms with van der Waals surface area (Å²) >= 11 is 4.76. The van der Waals surface area contributed by atoms with E-state index in [4.69, 9.17) is 18.0 Å². The average Bonchev–Trinajstić information content (AvgIpc) is 2.17. The zero-order valence-electron chi connectivity index (χ0n) is 8.71. The summed E-state index contributed by atoms with van der Waals surface area (Å²) in [6.45, 7) is 2.22. The molecule has 1 heterocycles. The predicted molar refractivity (Wildman–Crippen MR) is 62.9 cm³/mol. The molecular formula is C9H14N4OS. The van der Waals surface area contributed by atoms with Gasteiger partial charge in [-0.05, 0) is 6.92 Å². The number of likely N-dealkylation sites (N-methyl/N-ethyl adjacent to an activating group) is 1. The van der Waals surface area contributed by atoms with Crippen LogP contribution in [0.25, 0.3) is 0 Å². The largest absolute Gasteiger partial charge is 0.392 e. The summed E-state index contributed by atoms with van der Waals surface area (Å²) in [4.78, 5) is 10.2. The zero-order valence-corrected chi connectivity index (χ0v) is 9.53. The molecule has 1 atom stereocenters. The van der Waals surface area contributed by atoms with Crippen molar-refractivity contribution in [3.8, 4) is 0 Å². The molecule has 0 saturated carbocycles. The fourth-order valence-electron chi connectivity index (χ4n) is 1.14. The second kappa shape index (κ2) is 4.99. The van der Waals surface area contributed by atoms with Crippen molar-refractivity contribution >= 4 is 23.0 Å². The van der Waals surface area contributed by atoms with E-state index in [2.05, 4.69) is 9.97 Å². The van der Waals surface area contributed by atoms with Gasteiger partial charge in [-0.1, -0.05) is 12.2 Å². The van der Waals surface area contributed by atoms with Gasteiger partial charge in [-0.2, -0.15) is 0 Å². The lowest BCUT2D eigenvalue weighted by Crippen LogP contribution is -2.28. The third-order valence-corrected chi connectivity index (χ3v) is 2.03. The van der Waals surface area contributed by atoms with Crippen LogP contribution in [0.2, 0.25) is 0 Å². The van der Waals surface area contributed by atoms with Gasteiger partial charge in [0.1, 0.15) is 16.5 Å². The number of hydrogen-bond acceptors (Lipinski definition) is 5. The first-order chi connectivity index (χ1) is 7.00. The molecule has 3 N–H and O–H groups in total. The van der Waals surface area contributed by atoms with Crippen LogP contribution >= 0.6 is 12.2 Å². The Kier molecular flexibility index (Phi) is 3.93. The van der Waals surface area contributed by atoms with Gasteiger partial charge in [-0.3, -0.25) is 0 Å². The first-order valence-corrected chi connectivity index (χ1v) is 4.92. The fourth-order valence-corrected chi connectivity index (χ4v) is 1.24. The van der Waals surface area contributed by atoms with Gasteiger partial charge < -0.3 is 15.7 Å². The lowest BCUT2D eigenvalue weighted by atomic mass is 10.4. The molecule has 0 amide bonds. The minimum absolute atomic E-state index is 0.229. The number of nitrogens with two attached hydrogens (primary N) is 1.